The number of carbonyl (C=O) groups excluding carboxylic acids is 2. The third-order valence-corrected chi connectivity index (χ3v) is 10.7. The van der Waals surface area contributed by atoms with Crippen LogP contribution in [-0.4, -0.2) is 23.3 Å². The van der Waals surface area contributed by atoms with Crippen molar-refractivity contribution in [3.63, 3.8) is 0 Å². The van der Waals surface area contributed by atoms with Crippen molar-refractivity contribution in [1.29, 1.82) is 0 Å². The number of fused-ring (bicyclic) bond motifs is 7. The van der Waals surface area contributed by atoms with E-state index >= 15 is 0 Å². The molecule has 4 heteroatoms. The Morgan fingerprint density at radius 1 is 1.00 bits per heavy atom. The molecule has 4 fully saturated rings. The monoisotopic (exact) mass is 448 g/mol. The van der Waals surface area contributed by atoms with E-state index in [9.17, 15) is 9.59 Å². The maximum absolute atomic E-state index is 13.5. The van der Waals surface area contributed by atoms with Crippen molar-refractivity contribution in [2.75, 3.05) is 0 Å². The predicted octanol–water partition coefficient (Wildman–Crippen LogP) is 5.74. The maximum Gasteiger partial charge on any atom is 0.193 e. The lowest BCUT2D eigenvalue weighted by molar-refractivity contribution is -0.227. The van der Waals surface area contributed by atoms with Crippen LogP contribution < -0.4 is 0 Å². The van der Waals surface area contributed by atoms with Gasteiger partial charge in [-0.3, -0.25) is 9.59 Å². The van der Waals surface area contributed by atoms with Gasteiger partial charge in [-0.2, -0.15) is 0 Å². The smallest absolute Gasteiger partial charge is 0.193 e. The van der Waals surface area contributed by atoms with Gasteiger partial charge >= 0.3 is 0 Å². The average Bonchev–Trinajstić information content (AvgIpc) is 3.23. The zero-order chi connectivity index (χ0) is 23.2. The molecule has 4 aliphatic carbocycles. The molecule has 0 spiro atoms. The van der Waals surface area contributed by atoms with Crippen LogP contribution in [0.15, 0.2) is 42.0 Å². The van der Waals surface area contributed by atoms with Gasteiger partial charge in [0.2, 0.25) is 0 Å². The van der Waals surface area contributed by atoms with Gasteiger partial charge in [-0.1, -0.05) is 49.8 Å². The molecule has 4 nitrogen and oxygen atoms in total. The van der Waals surface area contributed by atoms with Gasteiger partial charge in [-0.25, -0.2) is 0 Å². The number of ether oxygens (including phenoxy) is 2. The Kier molecular flexibility index (Phi) is 4.53. The molecule has 1 aromatic carbocycles. The van der Waals surface area contributed by atoms with Crippen molar-refractivity contribution in [2.45, 2.75) is 90.1 Å². The van der Waals surface area contributed by atoms with E-state index in [1.54, 1.807) is 6.92 Å². The predicted molar refractivity (Wildman–Crippen MR) is 125 cm³/mol. The van der Waals surface area contributed by atoms with Crippen LogP contribution in [0.1, 0.15) is 78.2 Å². The third-order valence-electron chi connectivity index (χ3n) is 10.7. The molecule has 0 amide bonds. The van der Waals surface area contributed by atoms with Crippen LogP contribution in [0.2, 0.25) is 0 Å². The summed E-state index contributed by atoms with van der Waals surface area (Å²) in [6.07, 6.45) is 8.46. The van der Waals surface area contributed by atoms with E-state index in [0.717, 1.165) is 44.1 Å². The van der Waals surface area contributed by atoms with Crippen molar-refractivity contribution in [2.24, 2.45) is 28.6 Å². The summed E-state index contributed by atoms with van der Waals surface area (Å²) < 4.78 is 13.6. The number of allylic oxidation sites excluding steroid dienone is 1. The zero-order valence-electron chi connectivity index (χ0n) is 20.4. The van der Waals surface area contributed by atoms with Gasteiger partial charge in [0.05, 0.1) is 6.10 Å². The number of rotatable bonds is 2. The SMILES string of the molecule is CC(=O)[C@@]12OC(C)(c3ccccc3)O[C@@H]1C[C@H]1C3CCC4=CC(=O)CC[C@]4(C)[C@H]3CC[C@@]12C. The summed E-state index contributed by atoms with van der Waals surface area (Å²) >= 11 is 0. The lowest BCUT2D eigenvalue weighted by atomic mass is 9.46. The fourth-order valence-corrected chi connectivity index (χ4v) is 9.02. The van der Waals surface area contributed by atoms with E-state index in [1.165, 1.54) is 5.57 Å². The Labute approximate surface area is 197 Å². The first-order chi connectivity index (χ1) is 15.6. The van der Waals surface area contributed by atoms with E-state index in [0.29, 0.717) is 30.0 Å². The van der Waals surface area contributed by atoms with E-state index in [4.69, 9.17) is 9.47 Å². The summed E-state index contributed by atoms with van der Waals surface area (Å²) in [5.41, 5.74) is 1.35. The summed E-state index contributed by atoms with van der Waals surface area (Å²) in [5.74, 6) is 1.04. The van der Waals surface area contributed by atoms with Crippen molar-refractivity contribution in [1.82, 2.24) is 0 Å². The molecule has 1 heterocycles. The van der Waals surface area contributed by atoms with Crippen LogP contribution in [0, 0.1) is 28.6 Å². The topological polar surface area (TPSA) is 52.6 Å². The molecular weight excluding hydrogens is 412 g/mol. The van der Waals surface area contributed by atoms with E-state index in [-0.39, 0.29) is 22.7 Å². The molecule has 0 radical (unpaired) electrons. The maximum atomic E-state index is 13.5. The molecule has 1 aromatic rings. The molecule has 0 N–H and O–H groups in total. The van der Waals surface area contributed by atoms with Crippen molar-refractivity contribution >= 4 is 11.6 Å². The first kappa shape index (κ1) is 21.7. The summed E-state index contributed by atoms with van der Waals surface area (Å²) in [7, 11) is 0. The van der Waals surface area contributed by atoms with Crippen molar-refractivity contribution in [3.8, 4) is 0 Å². The lowest BCUT2D eigenvalue weighted by Gasteiger charge is -2.59. The highest BCUT2D eigenvalue weighted by Gasteiger charge is 2.75. The van der Waals surface area contributed by atoms with Gasteiger partial charge < -0.3 is 9.47 Å². The molecule has 8 atom stereocenters. The second kappa shape index (κ2) is 6.88. The molecule has 33 heavy (non-hydrogen) atoms. The molecule has 6 rings (SSSR count). The van der Waals surface area contributed by atoms with E-state index < -0.39 is 11.4 Å². The van der Waals surface area contributed by atoms with Gasteiger partial charge in [0.25, 0.3) is 0 Å². The Bertz CT molecular complexity index is 1040. The number of Topliss-reactive ketones (excluding diaryl/α,β-unsaturated/α-hetero) is 1. The molecule has 1 saturated heterocycles. The molecule has 2 unspecified atom stereocenters. The van der Waals surface area contributed by atoms with Crippen molar-refractivity contribution in [3.05, 3.63) is 47.5 Å². The number of carbonyl (C=O) groups is 2. The fraction of sp³-hybridized carbons (Fsp3) is 0.655. The normalized spacial score (nSPS) is 48.4. The molecule has 3 saturated carbocycles. The molecule has 0 bridgehead atoms. The Morgan fingerprint density at radius 3 is 2.48 bits per heavy atom. The van der Waals surface area contributed by atoms with E-state index in [2.05, 4.69) is 13.8 Å². The minimum Gasteiger partial charge on any atom is -0.339 e. The highest BCUT2D eigenvalue weighted by Crippen LogP contribution is 2.71. The zero-order valence-corrected chi connectivity index (χ0v) is 20.4. The molecular formula is C29H36O4. The van der Waals surface area contributed by atoms with Crippen LogP contribution in [0.25, 0.3) is 0 Å². The van der Waals surface area contributed by atoms with Crippen LogP contribution in [0.3, 0.4) is 0 Å². The lowest BCUT2D eigenvalue weighted by Crippen LogP contribution is -2.59. The highest BCUT2D eigenvalue weighted by atomic mass is 16.8. The number of benzene rings is 1. The standard InChI is InChI=1S/C29H36O4/c1-18(30)29-25(32-28(4,33-29)19-8-6-5-7-9-19)17-24-22-11-10-20-16-21(31)12-14-26(20,2)23(22)13-15-27(24,29)3/h5-9,16,22-25H,10-15,17H2,1-4H3/t22?,23-,24-,25+,26-,27-,28?,29+/m0/s1. The van der Waals surface area contributed by atoms with Crippen LogP contribution in [-0.2, 0) is 24.8 Å². The fourth-order valence-electron chi connectivity index (χ4n) is 9.02. The van der Waals surface area contributed by atoms with Gasteiger partial charge in [0, 0.05) is 17.4 Å². The minimum atomic E-state index is -0.902. The van der Waals surface area contributed by atoms with Gasteiger partial charge in [-0.05, 0) is 81.6 Å². The number of ketones is 2. The Hall–Kier alpha value is -1.78. The number of hydrogen-bond acceptors (Lipinski definition) is 4. The van der Waals surface area contributed by atoms with Gasteiger partial charge in [0.15, 0.2) is 23.0 Å². The largest absolute Gasteiger partial charge is 0.339 e. The van der Waals surface area contributed by atoms with Crippen LogP contribution in [0.5, 0.6) is 0 Å². The van der Waals surface area contributed by atoms with Gasteiger partial charge in [0.1, 0.15) is 0 Å². The Morgan fingerprint density at radius 2 is 1.76 bits per heavy atom. The first-order valence-electron chi connectivity index (χ1n) is 12.8. The summed E-state index contributed by atoms with van der Waals surface area (Å²) in [6.45, 7) is 8.41. The van der Waals surface area contributed by atoms with E-state index in [1.807, 2.05) is 43.3 Å². The third kappa shape index (κ3) is 2.65. The van der Waals surface area contributed by atoms with Crippen molar-refractivity contribution < 1.29 is 19.1 Å². The Balaban J connectivity index is 1.38. The molecule has 1 aliphatic heterocycles. The molecule has 5 aliphatic rings. The summed E-state index contributed by atoms with van der Waals surface area (Å²) in [6, 6.07) is 10.1. The van der Waals surface area contributed by atoms with Crippen LogP contribution >= 0.6 is 0 Å². The highest BCUT2D eigenvalue weighted by molar-refractivity contribution is 5.91. The second-order valence-corrected chi connectivity index (χ2v) is 12.0. The molecule has 0 aromatic heterocycles. The van der Waals surface area contributed by atoms with Gasteiger partial charge in [-0.15, -0.1) is 0 Å². The number of hydrogen-bond donors (Lipinski definition) is 0. The minimum absolute atomic E-state index is 0.112. The average molecular weight is 449 g/mol. The molecule has 176 valence electrons. The summed E-state index contributed by atoms with van der Waals surface area (Å²) in [4.78, 5) is 25.6. The first-order valence-corrected chi connectivity index (χ1v) is 12.8. The van der Waals surface area contributed by atoms with Crippen LogP contribution in [0.4, 0.5) is 0 Å². The quantitative estimate of drug-likeness (QED) is 0.579. The second-order valence-electron chi connectivity index (χ2n) is 12.0. The summed E-state index contributed by atoms with van der Waals surface area (Å²) in [5, 5.41) is 0.